The normalized spacial score (nSPS) is 13.2. The van der Waals surface area contributed by atoms with Gasteiger partial charge < -0.3 is 10.0 Å². The minimum absolute atomic E-state index is 0. The number of benzene rings is 1. The Labute approximate surface area is 141 Å². The van der Waals surface area contributed by atoms with E-state index in [9.17, 15) is 4.79 Å². The molecule has 0 saturated heterocycles. The molecule has 0 atom stereocenters. The lowest BCUT2D eigenvalue weighted by Gasteiger charge is -2.23. The summed E-state index contributed by atoms with van der Waals surface area (Å²) >= 11 is 0. The number of halogens is 1. The van der Waals surface area contributed by atoms with Crippen molar-refractivity contribution in [2.24, 2.45) is 0 Å². The number of aromatic nitrogens is 1. The second-order valence-corrected chi connectivity index (χ2v) is 5.15. The molecule has 0 radical (unpaired) electrons. The number of carboxylic acid groups (broad SMARTS) is 1. The first-order valence-corrected chi connectivity index (χ1v) is 7.07. The fourth-order valence-electron chi connectivity index (χ4n) is 2.44. The van der Waals surface area contributed by atoms with E-state index in [2.05, 4.69) is 22.0 Å². The van der Waals surface area contributed by atoms with Gasteiger partial charge in [0.2, 0.25) is 0 Å². The topological polar surface area (TPSA) is 53.4 Å². The molecule has 0 bridgehead atoms. The Kier molecular flexibility index (Phi) is 5.55. The van der Waals surface area contributed by atoms with Gasteiger partial charge in [-0.1, -0.05) is 18.2 Å². The van der Waals surface area contributed by atoms with Gasteiger partial charge in [0.25, 0.3) is 0 Å². The molecule has 0 fully saturated rings. The van der Waals surface area contributed by atoms with Gasteiger partial charge in [-0.15, -0.1) is 12.4 Å². The fourth-order valence-corrected chi connectivity index (χ4v) is 2.44. The number of allylic oxidation sites excluding steroid dienone is 2. The Morgan fingerprint density at radius 1 is 1.22 bits per heavy atom. The van der Waals surface area contributed by atoms with Crippen molar-refractivity contribution in [1.29, 1.82) is 0 Å². The Bertz CT molecular complexity index is 742. The highest BCUT2D eigenvalue weighted by Gasteiger charge is 2.08. The zero-order valence-electron chi connectivity index (χ0n) is 12.4. The largest absolute Gasteiger partial charge is 0.478 e. The molecule has 1 aliphatic heterocycles. The zero-order chi connectivity index (χ0) is 15.4. The van der Waals surface area contributed by atoms with Gasteiger partial charge in [-0.25, -0.2) is 4.79 Å². The van der Waals surface area contributed by atoms with Crippen molar-refractivity contribution >= 4 is 23.9 Å². The van der Waals surface area contributed by atoms with E-state index in [1.165, 1.54) is 5.57 Å². The van der Waals surface area contributed by atoms with Crippen LogP contribution in [0.3, 0.4) is 0 Å². The molecule has 23 heavy (non-hydrogen) atoms. The van der Waals surface area contributed by atoms with E-state index in [1.807, 2.05) is 24.4 Å². The standard InChI is InChI=1S/C18H16N2O2.ClH/c21-18(22)17-3-1-2-14(12-17)13-20-10-6-16(7-11-20)15-4-8-19-9-5-15;/h1-10,12H,11,13H2,(H,21,22);1H. The van der Waals surface area contributed by atoms with Crippen LogP contribution in [0.15, 0.2) is 67.1 Å². The molecule has 5 heteroatoms. The predicted molar refractivity (Wildman–Crippen MR) is 92.4 cm³/mol. The number of carbonyl (C=O) groups is 1. The van der Waals surface area contributed by atoms with E-state index in [-0.39, 0.29) is 12.4 Å². The van der Waals surface area contributed by atoms with Crippen molar-refractivity contribution in [1.82, 2.24) is 9.88 Å². The highest BCUT2D eigenvalue weighted by molar-refractivity contribution is 5.87. The van der Waals surface area contributed by atoms with E-state index in [0.717, 1.165) is 17.7 Å². The highest BCUT2D eigenvalue weighted by atomic mass is 35.5. The molecule has 1 aromatic heterocycles. The maximum atomic E-state index is 11.0. The van der Waals surface area contributed by atoms with Crippen LogP contribution in [-0.4, -0.2) is 27.5 Å². The minimum atomic E-state index is -0.893. The van der Waals surface area contributed by atoms with Crippen LogP contribution in [0.2, 0.25) is 0 Å². The van der Waals surface area contributed by atoms with Crippen molar-refractivity contribution in [2.45, 2.75) is 6.54 Å². The lowest BCUT2D eigenvalue weighted by Crippen LogP contribution is -2.19. The minimum Gasteiger partial charge on any atom is -0.478 e. The van der Waals surface area contributed by atoms with E-state index in [1.54, 1.807) is 30.6 Å². The van der Waals surface area contributed by atoms with E-state index in [4.69, 9.17) is 5.11 Å². The second-order valence-electron chi connectivity index (χ2n) is 5.15. The molecule has 1 N–H and O–H groups in total. The third kappa shape index (κ3) is 4.20. The molecule has 0 saturated carbocycles. The quantitative estimate of drug-likeness (QED) is 0.931. The highest BCUT2D eigenvalue weighted by Crippen LogP contribution is 2.20. The first-order valence-electron chi connectivity index (χ1n) is 7.07. The molecule has 0 unspecified atom stereocenters. The van der Waals surface area contributed by atoms with Crippen molar-refractivity contribution in [2.75, 3.05) is 6.54 Å². The molecule has 0 aliphatic carbocycles. The summed E-state index contributed by atoms with van der Waals surface area (Å²) in [6.45, 7) is 1.49. The number of pyridine rings is 1. The molecule has 0 amide bonds. The second kappa shape index (κ2) is 7.61. The van der Waals surface area contributed by atoms with Crippen LogP contribution in [0.4, 0.5) is 0 Å². The predicted octanol–water partition coefficient (Wildman–Crippen LogP) is 3.61. The van der Waals surface area contributed by atoms with Crippen molar-refractivity contribution in [3.63, 3.8) is 0 Å². The van der Waals surface area contributed by atoms with Crippen LogP contribution < -0.4 is 0 Å². The van der Waals surface area contributed by atoms with Crippen LogP contribution in [0, 0.1) is 0 Å². The van der Waals surface area contributed by atoms with E-state index in [0.29, 0.717) is 12.1 Å². The summed E-state index contributed by atoms with van der Waals surface area (Å²) in [6, 6.07) is 11.0. The van der Waals surface area contributed by atoms with Crippen LogP contribution in [0.25, 0.3) is 5.57 Å². The summed E-state index contributed by atoms with van der Waals surface area (Å²) < 4.78 is 0. The molecule has 4 nitrogen and oxygen atoms in total. The van der Waals surface area contributed by atoms with Crippen LogP contribution in [0.5, 0.6) is 0 Å². The monoisotopic (exact) mass is 328 g/mol. The molecule has 1 aliphatic rings. The number of carboxylic acids is 1. The van der Waals surface area contributed by atoms with Gasteiger partial charge in [-0.3, -0.25) is 4.98 Å². The van der Waals surface area contributed by atoms with Gasteiger partial charge in [0.05, 0.1) is 5.56 Å². The first-order chi connectivity index (χ1) is 10.7. The smallest absolute Gasteiger partial charge is 0.335 e. The van der Waals surface area contributed by atoms with Gasteiger partial charge in [-0.05, 0) is 47.0 Å². The van der Waals surface area contributed by atoms with Crippen molar-refractivity contribution in [3.8, 4) is 0 Å². The van der Waals surface area contributed by atoms with Gasteiger partial charge >= 0.3 is 5.97 Å². The SMILES string of the molecule is Cl.O=C(O)c1cccc(CN2C=CC(c3ccncc3)=CC2)c1. The van der Waals surface area contributed by atoms with Gasteiger partial charge in [-0.2, -0.15) is 0 Å². The molecular formula is C18H17ClN2O2. The van der Waals surface area contributed by atoms with E-state index >= 15 is 0 Å². The maximum absolute atomic E-state index is 11.0. The number of rotatable bonds is 4. The lowest BCUT2D eigenvalue weighted by molar-refractivity contribution is 0.0696. The Hall–Kier alpha value is -2.59. The van der Waals surface area contributed by atoms with Crippen LogP contribution in [-0.2, 0) is 6.54 Å². The third-order valence-corrected chi connectivity index (χ3v) is 3.58. The molecule has 2 heterocycles. The molecular weight excluding hydrogens is 312 g/mol. The average molecular weight is 329 g/mol. The summed E-state index contributed by atoms with van der Waals surface area (Å²) in [4.78, 5) is 17.2. The molecule has 1 aromatic carbocycles. The van der Waals surface area contributed by atoms with Gasteiger partial charge in [0.15, 0.2) is 0 Å². The first kappa shape index (κ1) is 16.8. The molecule has 2 aromatic rings. The fraction of sp³-hybridized carbons (Fsp3) is 0.111. The Balaban J connectivity index is 0.00000192. The van der Waals surface area contributed by atoms with Crippen molar-refractivity contribution in [3.05, 3.63) is 83.8 Å². The number of aromatic carboxylic acids is 1. The van der Waals surface area contributed by atoms with Crippen LogP contribution >= 0.6 is 12.4 Å². The number of hydrogen-bond donors (Lipinski definition) is 1. The summed E-state index contributed by atoms with van der Waals surface area (Å²) in [5, 5.41) is 9.03. The van der Waals surface area contributed by atoms with E-state index < -0.39 is 5.97 Å². The third-order valence-electron chi connectivity index (χ3n) is 3.58. The Morgan fingerprint density at radius 3 is 2.65 bits per heavy atom. The Morgan fingerprint density at radius 2 is 2.00 bits per heavy atom. The summed E-state index contributed by atoms with van der Waals surface area (Å²) in [5.41, 5.74) is 3.65. The molecule has 3 rings (SSSR count). The molecule has 0 spiro atoms. The van der Waals surface area contributed by atoms with Crippen LogP contribution in [0.1, 0.15) is 21.5 Å². The number of hydrogen-bond acceptors (Lipinski definition) is 3. The zero-order valence-corrected chi connectivity index (χ0v) is 13.2. The average Bonchev–Trinajstić information content (AvgIpc) is 2.56. The summed E-state index contributed by atoms with van der Waals surface area (Å²) in [5.74, 6) is -0.893. The summed E-state index contributed by atoms with van der Waals surface area (Å²) in [7, 11) is 0. The maximum Gasteiger partial charge on any atom is 0.335 e. The summed E-state index contributed by atoms with van der Waals surface area (Å²) in [6.07, 6.45) is 9.85. The molecule has 118 valence electrons. The lowest BCUT2D eigenvalue weighted by atomic mass is 10.0. The van der Waals surface area contributed by atoms with Crippen molar-refractivity contribution < 1.29 is 9.90 Å². The van der Waals surface area contributed by atoms with Gasteiger partial charge in [0.1, 0.15) is 0 Å². The number of nitrogens with zero attached hydrogens (tertiary/aromatic N) is 2. The van der Waals surface area contributed by atoms with Gasteiger partial charge in [0, 0.05) is 31.7 Å².